The molecule has 2 amide bonds. The van der Waals surface area contributed by atoms with Crippen molar-refractivity contribution in [2.45, 2.75) is 0 Å². The van der Waals surface area contributed by atoms with Crippen LogP contribution in [-0.4, -0.2) is 45.9 Å². The Hall–Kier alpha value is -3.62. The van der Waals surface area contributed by atoms with Crippen molar-refractivity contribution in [2.75, 3.05) is 14.1 Å². The second kappa shape index (κ2) is 10.6. The summed E-state index contributed by atoms with van der Waals surface area (Å²) in [6.45, 7) is 0. The zero-order valence-electron chi connectivity index (χ0n) is 17.6. The summed E-state index contributed by atoms with van der Waals surface area (Å²) in [5.41, 5.74) is 7.93. The molecule has 0 fully saturated rings. The van der Waals surface area contributed by atoms with E-state index in [9.17, 15) is 9.59 Å². The van der Waals surface area contributed by atoms with E-state index in [1.807, 2.05) is 60.7 Å². The van der Waals surface area contributed by atoms with Crippen molar-refractivity contribution in [2.24, 2.45) is 0 Å². The van der Waals surface area contributed by atoms with Crippen LogP contribution in [0.25, 0.3) is 0 Å². The van der Waals surface area contributed by atoms with Gasteiger partial charge in [0.25, 0.3) is 11.8 Å². The first-order valence-electron chi connectivity index (χ1n) is 9.75. The molecule has 0 unspecified atom stereocenters. The van der Waals surface area contributed by atoms with Crippen molar-refractivity contribution >= 4 is 46.2 Å². The number of rotatable bonds is 4. The summed E-state index contributed by atoms with van der Waals surface area (Å²) in [5.74, 6) is -0.666. The number of hydrogen-bond acceptors (Lipinski definition) is 4. The Morgan fingerprint density at radius 1 is 0.562 bits per heavy atom. The third-order valence-corrected chi connectivity index (χ3v) is 5.62. The maximum atomic E-state index is 12.6. The molecule has 0 heterocycles. The summed E-state index contributed by atoms with van der Waals surface area (Å²) >= 11 is 10.8. The van der Waals surface area contributed by atoms with Gasteiger partial charge >= 0.3 is 0 Å². The van der Waals surface area contributed by atoms with Crippen LogP contribution >= 0.6 is 24.4 Å². The summed E-state index contributed by atoms with van der Waals surface area (Å²) in [6, 6.07) is 25.1. The van der Waals surface area contributed by atoms with Crippen LogP contribution in [0.5, 0.6) is 0 Å². The van der Waals surface area contributed by atoms with Crippen molar-refractivity contribution in [1.29, 1.82) is 0 Å². The van der Waals surface area contributed by atoms with Crippen LogP contribution in [0.2, 0.25) is 0 Å². The van der Waals surface area contributed by atoms with Crippen LogP contribution in [0.3, 0.4) is 0 Å². The normalized spacial score (nSPS) is 10.1. The van der Waals surface area contributed by atoms with E-state index in [1.165, 1.54) is 10.0 Å². The maximum absolute atomic E-state index is 12.6. The van der Waals surface area contributed by atoms with Gasteiger partial charge in [-0.3, -0.25) is 30.5 Å². The molecule has 3 aromatic carbocycles. The number of amides is 2. The fourth-order valence-corrected chi connectivity index (χ4v) is 3.22. The van der Waals surface area contributed by atoms with Gasteiger partial charge in [-0.1, -0.05) is 85.1 Å². The fraction of sp³-hybridized carbons (Fsp3) is 0.0833. The zero-order valence-corrected chi connectivity index (χ0v) is 19.2. The molecule has 2 N–H and O–H groups in total. The van der Waals surface area contributed by atoms with Gasteiger partial charge in [-0.05, 0) is 24.3 Å². The van der Waals surface area contributed by atoms with Gasteiger partial charge in [0.05, 0.1) is 0 Å². The summed E-state index contributed by atoms with van der Waals surface area (Å²) < 4.78 is 0. The molecule has 0 saturated heterocycles. The second-order valence-corrected chi connectivity index (χ2v) is 7.69. The third kappa shape index (κ3) is 5.75. The van der Waals surface area contributed by atoms with E-state index in [2.05, 4.69) is 10.9 Å². The van der Waals surface area contributed by atoms with Crippen molar-refractivity contribution < 1.29 is 9.59 Å². The van der Waals surface area contributed by atoms with E-state index in [-0.39, 0.29) is 11.8 Å². The molecule has 0 aliphatic rings. The molecule has 0 radical (unpaired) electrons. The number of hydrazine groups is 2. The van der Waals surface area contributed by atoms with E-state index in [4.69, 9.17) is 24.4 Å². The quantitative estimate of drug-likeness (QED) is 0.456. The van der Waals surface area contributed by atoms with E-state index >= 15 is 0 Å². The number of nitrogens with zero attached hydrogens (tertiary/aromatic N) is 2. The number of thiocarbonyl (C=S) groups is 2. The molecule has 0 atom stereocenters. The van der Waals surface area contributed by atoms with E-state index in [0.717, 1.165) is 11.1 Å². The number of nitrogens with one attached hydrogen (secondary N) is 2. The summed E-state index contributed by atoms with van der Waals surface area (Å²) in [6.07, 6.45) is 0. The third-order valence-electron chi connectivity index (χ3n) is 4.60. The highest BCUT2D eigenvalue weighted by molar-refractivity contribution is 7.80. The van der Waals surface area contributed by atoms with Crippen LogP contribution < -0.4 is 10.9 Å². The molecule has 0 saturated carbocycles. The molecular weight excluding hydrogens is 440 g/mol. The highest BCUT2D eigenvalue weighted by Gasteiger charge is 2.15. The standard InChI is InChI=1S/C24H22N4O2S2/c1-27(23(31)19-9-5-3-6-10-19)25-21(29)17-13-15-18(16-14-17)22(30)26-28(2)24(32)20-11-7-4-8-12-20/h3-16H,1-2H3,(H,25,29)(H,26,30). The SMILES string of the molecule is CN(NC(=O)c1ccc(C(=O)NN(C)C(=S)c2ccccc2)cc1)C(=S)c1ccccc1. The van der Waals surface area contributed by atoms with E-state index in [0.29, 0.717) is 21.1 Å². The topological polar surface area (TPSA) is 64.7 Å². The Balaban J connectivity index is 1.59. The summed E-state index contributed by atoms with van der Waals surface area (Å²) in [7, 11) is 3.36. The van der Waals surface area contributed by atoms with Crippen molar-refractivity contribution in [3.05, 3.63) is 107 Å². The largest absolute Gasteiger partial charge is 0.277 e. The Labute approximate surface area is 197 Å². The van der Waals surface area contributed by atoms with Crippen LogP contribution in [0, 0.1) is 0 Å². The maximum Gasteiger partial charge on any atom is 0.269 e. The lowest BCUT2D eigenvalue weighted by Gasteiger charge is -2.22. The van der Waals surface area contributed by atoms with Gasteiger partial charge in [-0.25, -0.2) is 0 Å². The van der Waals surface area contributed by atoms with E-state index in [1.54, 1.807) is 38.4 Å². The zero-order chi connectivity index (χ0) is 23.1. The number of carbonyl (C=O) groups is 2. The summed E-state index contributed by atoms with van der Waals surface area (Å²) in [4.78, 5) is 26.1. The molecule has 0 aliphatic carbocycles. The molecule has 0 spiro atoms. The van der Waals surface area contributed by atoms with Crippen LogP contribution in [0.1, 0.15) is 31.8 Å². The first-order chi connectivity index (χ1) is 15.4. The molecule has 0 aliphatic heterocycles. The second-order valence-electron chi connectivity index (χ2n) is 6.92. The Morgan fingerprint density at radius 3 is 1.19 bits per heavy atom. The molecule has 3 aromatic rings. The first kappa shape index (κ1) is 23.1. The summed E-state index contributed by atoms with van der Waals surface area (Å²) in [5, 5.41) is 2.99. The molecule has 6 nitrogen and oxygen atoms in total. The van der Waals surface area contributed by atoms with Gasteiger partial charge in [-0.2, -0.15) is 0 Å². The highest BCUT2D eigenvalue weighted by Crippen LogP contribution is 2.08. The Kier molecular flexibility index (Phi) is 7.64. The predicted molar refractivity (Wildman–Crippen MR) is 133 cm³/mol. The minimum absolute atomic E-state index is 0.333. The molecule has 0 aromatic heterocycles. The van der Waals surface area contributed by atoms with Crippen LogP contribution in [0.15, 0.2) is 84.9 Å². The number of carbonyl (C=O) groups excluding carboxylic acids is 2. The van der Waals surface area contributed by atoms with Crippen molar-refractivity contribution in [3.63, 3.8) is 0 Å². The molecule has 8 heteroatoms. The number of benzene rings is 3. The van der Waals surface area contributed by atoms with Crippen molar-refractivity contribution in [1.82, 2.24) is 20.9 Å². The predicted octanol–water partition coefficient (Wildman–Crippen LogP) is 3.59. The number of hydrogen-bond donors (Lipinski definition) is 2. The molecule has 3 rings (SSSR count). The first-order valence-corrected chi connectivity index (χ1v) is 10.6. The fourth-order valence-electron chi connectivity index (χ4n) is 2.86. The molecule has 162 valence electrons. The van der Waals surface area contributed by atoms with Gasteiger partial charge in [0, 0.05) is 36.3 Å². The van der Waals surface area contributed by atoms with Gasteiger partial charge in [-0.15, -0.1) is 0 Å². The molecule has 0 bridgehead atoms. The lowest BCUT2D eigenvalue weighted by Crippen LogP contribution is -2.43. The van der Waals surface area contributed by atoms with Gasteiger partial charge in [0.15, 0.2) is 0 Å². The minimum atomic E-state index is -0.333. The average Bonchev–Trinajstić information content (AvgIpc) is 2.84. The Morgan fingerprint density at radius 2 is 0.875 bits per heavy atom. The average molecular weight is 463 g/mol. The van der Waals surface area contributed by atoms with Crippen LogP contribution in [0.4, 0.5) is 0 Å². The monoisotopic (exact) mass is 462 g/mol. The molecule has 32 heavy (non-hydrogen) atoms. The van der Waals surface area contributed by atoms with Gasteiger partial charge in [0.1, 0.15) is 9.98 Å². The lowest BCUT2D eigenvalue weighted by atomic mass is 10.1. The van der Waals surface area contributed by atoms with Gasteiger partial charge < -0.3 is 0 Å². The van der Waals surface area contributed by atoms with Gasteiger partial charge in [0.2, 0.25) is 0 Å². The highest BCUT2D eigenvalue weighted by atomic mass is 32.1. The lowest BCUT2D eigenvalue weighted by molar-refractivity contribution is 0.0877. The van der Waals surface area contributed by atoms with E-state index < -0.39 is 0 Å². The van der Waals surface area contributed by atoms with Crippen molar-refractivity contribution in [3.8, 4) is 0 Å². The van der Waals surface area contributed by atoms with Crippen LogP contribution in [-0.2, 0) is 0 Å². The Bertz CT molecular complexity index is 1030. The minimum Gasteiger partial charge on any atom is -0.277 e. The smallest absolute Gasteiger partial charge is 0.269 e. The molecular formula is C24H22N4O2S2.